The van der Waals surface area contributed by atoms with Gasteiger partial charge in [-0.1, -0.05) is 0 Å². The Balaban J connectivity index is 1.80. The zero-order valence-corrected chi connectivity index (χ0v) is 10.8. The average molecular weight is 251 g/mol. The molecule has 0 spiro atoms. The number of nitrogens with two attached hydrogens (primary N) is 1. The minimum Gasteiger partial charge on any atom is -0.455 e. The Morgan fingerprint density at radius 1 is 1.61 bits per heavy atom. The Morgan fingerprint density at radius 2 is 2.44 bits per heavy atom. The smallest absolute Gasteiger partial charge is 0.287 e. The lowest BCUT2D eigenvalue weighted by Gasteiger charge is -2.29. The van der Waals surface area contributed by atoms with Crippen molar-refractivity contribution in [3.63, 3.8) is 0 Å². The number of carbonyl (C=O) groups excluding carboxylic acids is 1. The van der Waals surface area contributed by atoms with Crippen molar-refractivity contribution in [3.05, 3.63) is 23.7 Å². The number of furan rings is 1. The Labute approximate surface area is 107 Å². The predicted octanol–water partition coefficient (Wildman–Crippen LogP) is 0.810. The first-order valence-electron chi connectivity index (χ1n) is 6.44. The summed E-state index contributed by atoms with van der Waals surface area (Å²) in [6.07, 6.45) is 2.38. The van der Waals surface area contributed by atoms with Crippen molar-refractivity contribution in [2.75, 3.05) is 26.7 Å². The zero-order valence-electron chi connectivity index (χ0n) is 10.8. The molecule has 1 fully saturated rings. The van der Waals surface area contributed by atoms with E-state index < -0.39 is 0 Å². The van der Waals surface area contributed by atoms with E-state index in [1.165, 1.54) is 12.8 Å². The molecule has 2 rings (SSSR count). The number of hydrogen-bond donors (Lipinski definition) is 2. The van der Waals surface area contributed by atoms with E-state index in [4.69, 9.17) is 10.2 Å². The van der Waals surface area contributed by atoms with Gasteiger partial charge in [-0.15, -0.1) is 0 Å². The van der Waals surface area contributed by atoms with Gasteiger partial charge in [0.15, 0.2) is 5.76 Å². The molecule has 1 aliphatic heterocycles. The number of likely N-dealkylation sites (tertiary alicyclic amines) is 1. The van der Waals surface area contributed by atoms with Crippen LogP contribution in [0.4, 0.5) is 0 Å². The highest BCUT2D eigenvalue weighted by Crippen LogP contribution is 2.14. The van der Waals surface area contributed by atoms with Crippen LogP contribution in [0.15, 0.2) is 16.5 Å². The lowest BCUT2D eigenvalue weighted by atomic mass is 9.98. The normalized spacial score (nSPS) is 20.9. The van der Waals surface area contributed by atoms with Gasteiger partial charge in [-0.2, -0.15) is 0 Å². The zero-order chi connectivity index (χ0) is 13.0. The number of nitrogens with one attached hydrogen (secondary N) is 1. The molecule has 0 radical (unpaired) electrons. The third kappa shape index (κ3) is 3.34. The van der Waals surface area contributed by atoms with Crippen molar-refractivity contribution < 1.29 is 9.21 Å². The highest BCUT2D eigenvalue weighted by molar-refractivity contribution is 5.91. The minimum absolute atomic E-state index is 0.150. The first-order valence-corrected chi connectivity index (χ1v) is 6.44. The number of hydrogen-bond acceptors (Lipinski definition) is 4. The van der Waals surface area contributed by atoms with E-state index in [9.17, 15) is 4.79 Å². The molecule has 3 N–H and O–H groups in total. The number of rotatable bonds is 4. The molecular formula is C13H21N3O2. The molecule has 1 aromatic rings. The standard InChI is InChI=1S/C13H21N3O2/c1-16-6-2-3-10(9-16)8-15-13(17)12-5-4-11(7-14)18-12/h4-5,10H,2-3,6-9,14H2,1H3,(H,15,17). The molecule has 0 saturated carbocycles. The van der Waals surface area contributed by atoms with Gasteiger partial charge < -0.3 is 20.4 Å². The molecule has 1 aliphatic rings. The third-order valence-corrected chi connectivity index (χ3v) is 3.36. The second kappa shape index (κ2) is 6.02. The predicted molar refractivity (Wildman–Crippen MR) is 69.2 cm³/mol. The fourth-order valence-electron chi connectivity index (χ4n) is 2.37. The van der Waals surface area contributed by atoms with Crippen LogP contribution in [-0.4, -0.2) is 37.5 Å². The van der Waals surface area contributed by atoms with Crippen molar-refractivity contribution >= 4 is 5.91 Å². The van der Waals surface area contributed by atoms with Gasteiger partial charge in [-0.05, 0) is 44.5 Å². The van der Waals surface area contributed by atoms with Gasteiger partial charge in [-0.3, -0.25) is 4.79 Å². The van der Waals surface area contributed by atoms with E-state index in [1.807, 2.05) is 0 Å². The Morgan fingerprint density at radius 3 is 3.11 bits per heavy atom. The summed E-state index contributed by atoms with van der Waals surface area (Å²) >= 11 is 0. The summed E-state index contributed by atoms with van der Waals surface area (Å²) in [4.78, 5) is 14.1. The van der Waals surface area contributed by atoms with E-state index in [0.29, 0.717) is 30.5 Å². The van der Waals surface area contributed by atoms with Gasteiger partial charge >= 0.3 is 0 Å². The topological polar surface area (TPSA) is 71.5 Å². The Kier molecular flexibility index (Phi) is 4.38. The van der Waals surface area contributed by atoms with Crippen LogP contribution >= 0.6 is 0 Å². The van der Waals surface area contributed by atoms with E-state index in [1.54, 1.807) is 12.1 Å². The van der Waals surface area contributed by atoms with Crippen molar-refractivity contribution in [1.82, 2.24) is 10.2 Å². The second-order valence-electron chi connectivity index (χ2n) is 4.95. The molecule has 1 aromatic heterocycles. The molecule has 1 unspecified atom stereocenters. The number of amides is 1. The molecule has 1 saturated heterocycles. The largest absolute Gasteiger partial charge is 0.455 e. The first-order chi connectivity index (χ1) is 8.69. The molecule has 0 aromatic carbocycles. The SMILES string of the molecule is CN1CCCC(CNC(=O)c2ccc(CN)o2)C1. The highest BCUT2D eigenvalue weighted by atomic mass is 16.4. The Hall–Kier alpha value is -1.33. The molecule has 0 bridgehead atoms. The number of carbonyl (C=O) groups is 1. The fraction of sp³-hybridized carbons (Fsp3) is 0.615. The maximum atomic E-state index is 11.8. The van der Waals surface area contributed by atoms with Crippen molar-refractivity contribution in [2.45, 2.75) is 19.4 Å². The van der Waals surface area contributed by atoms with Gasteiger partial charge in [0.2, 0.25) is 0 Å². The van der Waals surface area contributed by atoms with Crippen molar-refractivity contribution in [2.24, 2.45) is 11.7 Å². The highest BCUT2D eigenvalue weighted by Gasteiger charge is 2.18. The quantitative estimate of drug-likeness (QED) is 0.830. The summed E-state index contributed by atoms with van der Waals surface area (Å²) < 4.78 is 5.31. The van der Waals surface area contributed by atoms with E-state index in [-0.39, 0.29) is 5.91 Å². The van der Waals surface area contributed by atoms with Gasteiger partial charge in [0.05, 0.1) is 6.54 Å². The molecule has 18 heavy (non-hydrogen) atoms. The summed E-state index contributed by atoms with van der Waals surface area (Å²) in [6.45, 7) is 3.23. The van der Waals surface area contributed by atoms with Gasteiger partial charge in [0, 0.05) is 13.1 Å². The van der Waals surface area contributed by atoms with E-state index >= 15 is 0 Å². The molecule has 0 aliphatic carbocycles. The third-order valence-electron chi connectivity index (χ3n) is 3.36. The lowest BCUT2D eigenvalue weighted by molar-refractivity contribution is 0.0907. The van der Waals surface area contributed by atoms with Gasteiger partial charge in [0.25, 0.3) is 5.91 Å². The van der Waals surface area contributed by atoms with Crippen LogP contribution < -0.4 is 11.1 Å². The molecule has 1 amide bonds. The van der Waals surface area contributed by atoms with Crippen LogP contribution in [0.5, 0.6) is 0 Å². The minimum atomic E-state index is -0.150. The maximum Gasteiger partial charge on any atom is 0.287 e. The molecule has 1 atom stereocenters. The van der Waals surface area contributed by atoms with Crippen LogP contribution in [0.1, 0.15) is 29.2 Å². The molecule has 5 nitrogen and oxygen atoms in total. The summed E-state index contributed by atoms with van der Waals surface area (Å²) in [7, 11) is 2.12. The van der Waals surface area contributed by atoms with E-state index in [0.717, 1.165) is 13.1 Å². The molecule has 100 valence electrons. The summed E-state index contributed by atoms with van der Waals surface area (Å²) in [5, 5.41) is 2.93. The summed E-state index contributed by atoms with van der Waals surface area (Å²) in [6, 6.07) is 3.41. The number of nitrogens with zero attached hydrogens (tertiary/aromatic N) is 1. The molecule has 2 heterocycles. The summed E-state index contributed by atoms with van der Waals surface area (Å²) in [5.41, 5.74) is 5.44. The Bertz CT molecular complexity index is 403. The van der Waals surface area contributed by atoms with Crippen LogP contribution in [0.2, 0.25) is 0 Å². The monoisotopic (exact) mass is 251 g/mol. The summed E-state index contributed by atoms with van der Waals surface area (Å²) in [5.74, 6) is 1.37. The van der Waals surface area contributed by atoms with E-state index in [2.05, 4.69) is 17.3 Å². The van der Waals surface area contributed by atoms with Crippen LogP contribution in [0.3, 0.4) is 0 Å². The second-order valence-corrected chi connectivity index (χ2v) is 4.95. The molecular weight excluding hydrogens is 230 g/mol. The van der Waals surface area contributed by atoms with Crippen LogP contribution in [0.25, 0.3) is 0 Å². The fourth-order valence-corrected chi connectivity index (χ4v) is 2.37. The van der Waals surface area contributed by atoms with Crippen LogP contribution in [-0.2, 0) is 6.54 Å². The number of piperidine rings is 1. The van der Waals surface area contributed by atoms with Crippen LogP contribution in [0, 0.1) is 5.92 Å². The van der Waals surface area contributed by atoms with Crippen molar-refractivity contribution in [1.29, 1.82) is 0 Å². The van der Waals surface area contributed by atoms with Crippen molar-refractivity contribution in [3.8, 4) is 0 Å². The first kappa shape index (κ1) is 13.1. The average Bonchev–Trinajstić information content (AvgIpc) is 2.85. The molecule has 5 heteroatoms. The van der Waals surface area contributed by atoms with Gasteiger partial charge in [-0.25, -0.2) is 0 Å². The van der Waals surface area contributed by atoms with Gasteiger partial charge in [0.1, 0.15) is 5.76 Å². The maximum absolute atomic E-state index is 11.8. The lowest BCUT2D eigenvalue weighted by Crippen LogP contribution is -2.39.